The van der Waals surface area contributed by atoms with Crippen LogP contribution in [0.1, 0.15) is 25.1 Å². The number of aromatic nitrogens is 1. The van der Waals surface area contributed by atoms with Gasteiger partial charge in [-0.25, -0.2) is 0 Å². The number of hydrogen-bond donors (Lipinski definition) is 1. The molecule has 0 spiro atoms. The normalized spacial score (nSPS) is 11.4. The molecule has 0 radical (unpaired) electrons. The van der Waals surface area contributed by atoms with Gasteiger partial charge in [-0.15, -0.1) is 0 Å². The van der Waals surface area contributed by atoms with Gasteiger partial charge in [0, 0.05) is 24.0 Å². The average Bonchev–Trinajstić information content (AvgIpc) is 2.67. The van der Waals surface area contributed by atoms with Crippen LogP contribution in [0.4, 0.5) is 0 Å². The van der Waals surface area contributed by atoms with Crippen LogP contribution in [0.15, 0.2) is 16.7 Å². The number of aliphatic hydroxyl groups is 1. The summed E-state index contributed by atoms with van der Waals surface area (Å²) in [5.74, 6) is 0.819. The Bertz CT molecular complexity index is 517. The third kappa shape index (κ3) is 2.26. The second-order valence-electron chi connectivity index (χ2n) is 4.33. The number of hydrogen-bond acceptors (Lipinski definition) is 4. The van der Waals surface area contributed by atoms with Crippen LogP contribution in [0.25, 0.3) is 11.0 Å². The fourth-order valence-electron chi connectivity index (χ4n) is 1.84. The zero-order chi connectivity index (χ0) is 12.4. The molecule has 1 aromatic carbocycles. The molecule has 0 aliphatic heterocycles. The van der Waals surface area contributed by atoms with Crippen molar-refractivity contribution >= 4 is 11.0 Å². The molecule has 17 heavy (non-hydrogen) atoms. The Morgan fingerprint density at radius 1 is 1.41 bits per heavy atom. The second-order valence-corrected chi connectivity index (χ2v) is 4.33. The molecule has 0 atom stereocenters. The number of benzene rings is 1. The molecular weight excluding hydrogens is 218 g/mol. The predicted molar refractivity (Wildman–Crippen MR) is 65.3 cm³/mol. The Morgan fingerprint density at radius 2 is 2.18 bits per heavy atom. The van der Waals surface area contributed by atoms with Crippen LogP contribution in [0.2, 0.25) is 0 Å². The van der Waals surface area contributed by atoms with E-state index in [1.807, 2.05) is 32.9 Å². The topological polar surface area (TPSA) is 55.5 Å². The Kier molecular flexibility index (Phi) is 3.33. The van der Waals surface area contributed by atoms with Gasteiger partial charge >= 0.3 is 0 Å². The molecule has 1 aromatic heterocycles. The van der Waals surface area contributed by atoms with Gasteiger partial charge < -0.3 is 14.4 Å². The largest absolute Gasteiger partial charge is 0.491 e. The third-order valence-electron chi connectivity index (χ3n) is 2.63. The van der Waals surface area contributed by atoms with Crippen molar-refractivity contribution in [1.29, 1.82) is 0 Å². The monoisotopic (exact) mass is 235 g/mol. The predicted octanol–water partition coefficient (Wildman–Crippen LogP) is 2.46. The van der Waals surface area contributed by atoms with Crippen LogP contribution >= 0.6 is 0 Å². The summed E-state index contributed by atoms with van der Waals surface area (Å²) in [6.07, 6.45) is 0.641. The summed E-state index contributed by atoms with van der Waals surface area (Å²) in [7, 11) is 0. The summed E-state index contributed by atoms with van der Waals surface area (Å²) in [5, 5.41) is 13.9. The van der Waals surface area contributed by atoms with Crippen molar-refractivity contribution in [1.82, 2.24) is 5.16 Å². The van der Waals surface area contributed by atoms with Gasteiger partial charge in [-0.1, -0.05) is 5.16 Å². The molecule has 4 nitrogen and oxygen atoms in total. The summed E-state index contributed by atoms with van der Waals surface area (Å²) in [6, 6.07) is 3.86. The molecule has 0 fully saturated rings. The summed E-state index contributed by atoms with van der Waals surface area (Å²) >= 11 is 0. The maximum atomic E-state index is 8.93. The van der Waals surface area contributed by atoms with Crippen molar-refractivity contribution < 1.29 is 14.4 Å². The van der Waals surface area contributed by atoms with E-state index in [0.29, 0.717) is 6.42 Å². The number of aliphatic hydroxyl groups excluding tert-OH is 1. The fraction of sp³-hybridized carbons (Fsp3) is 0.462. The molecule has 2 rings (SSSR count). The maximum Gasteiger partial charge on any atom is 0.173 e. The second kappa shape index (κ2) is 4.75. The van der Waals surface area contributed by atoms with Crippen molar-refractivity contribution in [3.05, 3.63) is 23.4 Å². The highest BCUT2D eigenvalue weighted by atomic mass is 16.5. The lowest BCUT2D eigenvalue weighted by atomic mass is 10.1. The van der Waals surface area contributed by atoms with Crippen LogP contribution in [0, 0.1) is 6.92 Å². The number of aryl methyl sites for hydroxylation is 1. The van der Waals surface area contributed by atoms with E-state index in [-0.39, 0.29) is 12.7 Å². The number of ether oxygens (including phenoxy) is 1. The molecule has 92 valence electrons. The molecule has 0 aliphatic rings. The third-order valence-corrected chi connectivity index (χ3v) is 2.63. The van der Waals surface area contributed by atoms with Crippen molar-refractivity contribution in [2.24, 2.45) is 0 Å². The van der Waals surface area contributed by atoms with Gasteiger partial charge in [0.25, 0.3) is 0 Å². The number of fused-ring (bicyclic) bond motifs is 1. The Labute approximate surface area is 100 Å². The van der Waals surface area contributed by atoms with Gasteiger partial charge in [0.15, 0.2) is 5.58 Å². The maximum absolute atomic E-state index is 8.93. The lowest BCUT2D eigenvalue weighted by Gasteiger charge is -2.11. The summed E-state index contributed by atoms with van der Waals surface area (Å²) in [6.45, 7) is 6.00. The zero-order valence-corrected chi connectivity index (χ0v) is 10.4. The quantitative estimate of drug-likeness (QED) is 0.884. The highest BCUT2D eigenvalue weighted by Gasteiger charge is 2.13. The summed E-state index contributed by atoms with van der Waals surface area (Å²) in [5.41, 5.74) is 2.49. The lowest BCUT2D eigenvalue weighted by Crippen LogP contribution is -2.06. The standard InChI is InChI=1S/C13H17NO3/c1-8(2)16-12-5-4-10-11(6-7-15)14-17-13(10)9(12)3/h4-5,8,15H,6-7H2,1-3H3. The molecule has 1 heterocycles. The Hall–Kier alpha value is -1.55. The van der Waals surface area contributed by atoms with E-state index in [1.165, 1.54) is 0 Å². The van der Waals surface area contributed by atoms with E-state index in [2.05, 4.69) is 5.16 Å². The van der Waals surface area contributed by atoms with E-state index in [9.17, 15) is 0 Å². The van der Waals surface area contributed by atoms with E-state index in [1.54, 1.807) is 0 Å². The van der Waals surface area contributed by atoms with Crippen molar-refractivity contribution in [3.8, 4) is 5.75 Å². The van der Waals surface area contributed by atoms with Crippen LogP contribution in [-0.2, 0) is 6.42 Å². The first-order chi connectivity index (χ1) is 8.13. The van der Waals surface area contributed by atoms with E-state index >= 15 is 0 Å². The van der Waals surface area contributed by atoms with E-state index in [0.717, 1.165) is 28.0 Å². The molecular formula is C13H17NO3. The summed E-state index contributed by atoms with van der Waals surface area (Å²) < 4.78 is 11.0. The first kappa shape index (κ1) is 11.9. The Balaban J connectivity index is 2.46. The van der Waals surface area contributed by atoms with Crippen LogP contribution in [0.3, 0.4) is 0 Å². The van der Waals surface area contributed by atoms with Crippen molar-refractivity contribution in [2.45, 2.75) is 33.3 Å². The van der Waals surface area contributed by atoms with Crippen molar-refractivity contribution in [2.75, 3.05) is 6.61 Å². The van der Waals surface area contributed by atoms with Gasteiger partial charge in [-0.3, -0.25) is 0 Å². The van der Waals surface area contributed by atoms with E-state index in [4.69, 9.17) is 14.4 Å². The minimum absolute atomic E-state index is 0.0743. The molecule has 0 bridgehead atoms. The highest BCUT2D eigenvalue weighted by molar-refractivity contribution is 5.84. The van der Waals surface area contributed by atoms with Crippen LogP contribution in [0.5, 0.6) is 5.75 Å². The molecule has 0 saturated heterocycles. The van der Waals surface area contributed by atoms with Gasteiger partial charge in [0.05, 0.1) is 11.8 Å². The fourth-order valence-corrected chi connectivity index (χ4v) is 1.84. The van der Waals surface area contributed by atoms with Crippen LogP contribution in [-0.4, -0.2) is 23.0 Å². The molecule has 2 aromatic rings. The van der Waals surface area contributed by atoms with Gasteiger partial charge in [0.1, 0.15) is 5.75 Å². The van der Waals surface area contributed by atoms with Gasteiger partial charge in [-0.2, -0.15) is 0 Å². The highest BCUT2D eigenvalue weighted by Crippen LogP contribution is 2.30. The molecule has 4 heteroatoms. The minimum atomic E-state index is 0.0743. The number of rotatable bonds is 4. The average molecular weight is 235 g/mol. The first-order valence-electron chi connectivity index (χ1n) is 5.79. The molecule has 1 N–H and O–H groups in total. The minimum Gasteiger partial charge on any atom is -0.491 e. The van der Waals surface area contributed by atoms with Gasteiger partial charge in [0.2, 0.25) is 0 Å². The molecule has 0 saturated carbocycles. The Morgan fingerprint density at radius 3 is 2.82 bits per heavy atom. The molecule has 0 aliphatic carbocycles. The van der Waals surface area contributed by atoms with E-state index < -0.39 is 0 Å². The van der Waals surface area contributed by atoms with Crippen molar-refractivity contribution in [3.63, 3.8) is 0 Å². The van der Waals surface area contributed by atoms with Gasteiger partial charge in [-0.05, 0) is 32.9 Å². The molecule has 0 amide bonds. The SMILES string of the molecule is Cc1c(OC(C)C)ccc2c(CCO)noc12. The van der Waals surface area contributed by atoms with Crippen LogP contribution < -0.4 is 4.74 Å². The first-order valence-corrected chi connectivity index (χ1v) is 5.79. The number of nitrogens with zero attached hydrogens (tertiary/aromatic N) is 1. The summed E-state index contributed by atoms with van der Waals surface area (Å²) in [4.78, 5) is 0. The lowest BCUT2D eigenvalue weighted by molar-refractivity contribution is 0.240. The zero-order valence-electron chi connectivity index (χ0n) is 10.4. The molecule has 0 unspecified atom stereocenters. The smallest absolute Gasteiger partial charge is 0.173 e.